The van der Waals surface area contributed by atoms with E-state index < -0.39 is 22.9 Å². The summed E-state index contributed by atoms with van der Waals surface area (Å²) in [6, 6.07) is 20.8. The van der Waals surface area contributed by atoms with E-state index in [1.54, 1.807) is 25.3 Å². The predicted molar refractivity (Wildman–Crippen MR) is 141 cm³/mol. The molecule has 0 aliphatic rings. The second-order valence-electron chi connectivity index (χ2n) is 8.91. The summed E-state index contributed by atoms with van der Waals surface area (Å²) in [5.41, 5.74) is 3.54. The van der Waals surface area contributed by atoms with E-state index in [2.05, 4.69) is 0 Å². The van der Waals surface area contributed by atoms with E-state index in [0.29, 0.717) is 16.5 Å². The molecule has 3 aromatic carbocycles. The molecule has 0 spiro atoms. The number of benzene rings is 3. The zero-order valence-corrected chi connectivity index (χ0v) is 20.5. The summed E-state index contributed by atoms with van der Waals surface area (Å²) in [6.45, 7) is 3.08. The quantitative estimate of drug-likeness (QED) is 0.127. The number of nitro groups is 1. The zero-order valence-electron chi connectivity index (χ0n) is 20.5. The van der Waals surface area contributed by atoms with E-state index in [1.807, 2.05) is 60.7 Å². The Morgan fingerprint density at radius 2 is 1.51 bits per heavy atom. The molecular weight excluding hydrogens is 470 g/mol. The lowest BCUT2D eigenvalue weighted by atomic mass is 9.83. The van der Waals surface area contributed by atoms with Crippen LogP contribution in [0.4, 0.5) is 0 Å². The molecule has 5 aromatic rings. The summed E-state index contributed by atoms with van der Waals surface area (Å²) in [4.78, 5) is 42.2. The fraction of sp³-hybridized carbons (Fsp3) is 0.207. The van der Waals surface area contributed by atoms with E-state index in [0.717, 1.165) is 27.4 Å². The van der Waals surface area contributed by atoms with Crippen LogP contribution in [0.3, 0.4) is 0 Å². The van der Waals surface area contributed by atoms with Crippen LogP contribution >= 0.6 is 0 Å². The molecule has 0 unspecified atom stereocenters. The van der Waals surface area contributed by atoms with Gasteiger partial charge in [-0.15, -0.1) is 0 Å². The lowest BCUT2D eigenvalue weighted by molar-refractivity contribution is -0.514. The van der Waals surface area contributed by atoms with Gasteiger partial charge in [0.1, 0.15) is 0 Å². The Morgan fingerprint density at radius 3 is 2.08 bits per heavy atom. The molecule has 37 heavy (non-hydrogen) atoms. The third kappa shape index (κ3) is 4.31. The van der Waals surface area contributed by atoms with Crippen LogP contribution in [0.2, 0.25) is 0 Å². The highest BCUT2D eigenvalue weighted by atomic mass is 16.6. The highest BCUT2D eigenvalue weighted by Gasteiger charge is 2.43. The molecule has 0 bridgehead atoms. The Kier molecular flexibility index (Phi) is 6.40. The van der Waals surface area contributed by atoms with E-state index >= 15 is 0 Å². The number of hydrogen-bond donors (Lipinski definition) is 0. The van der Waals surface area contributed by atoms with Gasteiger partial charge in [0, 0.05) is 34.2 Å². The van der Waals surface area contributed by atoms with Crippen LogP contribution in [0.5, 0.6) is 0 Å². The Balaban J connectivity index is 1.80. The third-order valence-corrected chi connectivity index (χ3v) is 6.74. The van der Waals surface area contributed by atoms with Crippen molar-refractivity contribution in [3.8, 4) is 0 Å². The van der Waals surface area contributed by atoms with Gasteiger partial charge in [-0.3, -0.25) is 19.5 Å². The predicted octanol–water partition coefficient (Wildman–Crippen LogP) is 5.54. The van der Waals surface area contributed by atoms with Crippen molar-refractivity contribution in [3.05, 3.63) is 100 Å². The SMILES string of the molecule is CCOC(=O)[C@@H]([C@H](Cc1c2ccccc2nc2ccccc12)c1cn(C(C)=O)c2ccccc12)[N+](=O)[O-]. The number of ether oxygens (including phenoxy) is 1. The van der Waals surface area contributed by atoms with Crippen molar-refractivity contribution in [3.63, 3.8) is 0 Å². The molecule has 0 N–H and O–H groups in total. The number of carbonyl (C=O) groups excluding carboxylic acids is 2. The molecule has 2 heterocycles. The van der Waals surface area contributed by atoms with Crippen LogP contribution < -0.4 is 0 Å². The standard InChI is InChI=1S/C29H25N3O5/c1-3-37-29(34)28(32(35)36)23(24-17-31(18(2)33)27-15-9-6-12-21(24)27)16-22-19-10-4-7-13-25(19)30-26-14-8-5-11-20(22)26/h4-15,17,23,28H,3,16H2,1-2H3/t23-,28-/m1/s1. The fourth-order valence-electron chi connectivity index (χ4n) is 5.15. The van der Waals surface area contributed by atoms with Crippen molar-refractivity contribution in [2.75, 3.05) is 6.61 Å². The van der Waals surface area contributed by atoms with Crippen molar-refractivity contribution < 1.29 is 19.2 Å². The number of nitrogens with zero attached hydrogens (tertiary/aromatic N) is 3. The maximum Gasteiger partial charge on any atom is 0.382 e. The fourth-order valence-corrected chi connectivity index (χ4v) is 5.15. The number of esters is 1. The number of hydrogen-bond acceptors (Lipinski definition) is 6. The van der Waals surface area contributed by atoms with Gasteiger partial charge in [0.2, 0.25) is 5.91 Å². The first-order valence-corrected chi connectivity index (χ1v) is 12.1. The number of carbonyl (C=O) groups is 2. The first-order chi connectivity index (χ1) is 17.9. The topological polar surface area (TPSA) is 104 Å². The molecule has 5 rings (SSSR count). The first kappa shape index (κ1) is 24.1. The number of rotatable bonds is 7. The molecule has 2 aromatic heterocycles. The van der Waals surface area contributed by atoms with Crippen LogP contribution in [0, 0.1) is 10.1 Å². The summed E-state index contributed by atoms with van der Waals surface area (Å²) in [5.74, 6) is -2.04. The zero-order chi connectivity index (χ0) is 26.1. The normalized spacial score (nSPS) is 13.0. The minimum absolute atomic E-state index is 0.0201. The number of aromatic nitrogens is 2. The Morgan fingerprint density at radius 1 is 0.946 bits per heavy atom. The van der Waals surface area contributed by atoms with Crippen molar-refractivity contribution in [1.29, 1.82) is 0 Å². The molecular formula is C29H25N3O5. The van der Waals surface area contributed by atoms with Crippen LogP contribution in [0.1, 0.15) is 35.7 Å². The molecule has 0 radical (unpaired) electrons. The second kappa shape index (κ2) is 9.81. The molecule has 8 nitrogen and oxygen atoms in total. The Bertz CT molecular complexity index is 1620. The number of pyridine rings is 1. The molecule has 0 aliphatic carbocycles. The molecule has 8 heteroatoms. The Labute approximate surface area is 212 Å². The molecule has 0 aliphatic heterocycles. The summed E-state index contributed by atoms with van der Waals surface area (Å²) >= 11 is 0. The van der Waals surface area contributed by atoms with Gasteiger partial charge in [0.25, 0.3) is 0 Å². The average molecular weight is 496 g/mol. The summed E-state index contributed by atoms with van der Waals surface area (Å²) in [6.07, 6.45) is 1.79. The van der Waals surface area contributed by atoms with Gasteiger partial charge >= 0.3 is 12.0 Å². The van der Waals surface area contributed by atoms with Gasteiger partial charge in [-0.2, -0.15) is 0 Å². The summed E-state index contributed by atoms with van der Waals surface area (Å²) in [5, 5.41) is 14.8. The van der Waals surface area contributed by atoms with Crippen LogP contribution in [-0.2, 0) is 16.0 Å². The van der Waals surface area contributed by atoms with Gasteiger partial charge < -0.3 is 4.74 Å². The summed E-state index contributed by atoms with van der Waals surface area (Å²) < 4.78 is 6.65. The van der Waals surface area contributed by atoms with E-state index in [9.17, 15) is 19.7 Å². The highest BCUT2D eigenvalue weighted by molar-refractivity contribution is 5.98. The highest BCUT2D eigenvalue weighted by Crippen LogP contribution is 2.37. The molecule has 0 amide bonds. The summed E-state index contributed by atoms with van der Waals surface area (Å²) in [7, 11) is 0. The van der Waals surface area contributed by atoms with Gasteiger partial charge in [-0.1, -0.05) is 54.6 Å². The van der Waals surface area contributed by atoms with E-state index in [1.165, 1.54) is 11.5 Å². The van der Waals surface area contributed by atoms with E-state index in [-0.39, 0.29) is 18.9 Å². The largest absolute Gasteiger partial charge is 0.461 e. The van der Waals surface area contributed by atoms with Gasteiger partial charge in [-0.05, 0) is 42.7 Å². The average Bonchev–Trinajstić information content (AvgIpc) is 3.28. The molecule has 0 saturated carbocycles. The lowest BCUT2D eigenvalue weighted by Gasteiger charge is -2.21. The second-order valence-corrected chi connectivity index (χ2v) is 8.91. The maximum atomic E-state index is 13.0. The van der Waals surface area contributed by atoms with Gasteiger partial charge in [-0.25, -0.2) is 9.78 Å². The molecule has 2 atom stereocenters. The molecule has 0 fully saturated rings. The van der Waals surface area contributed by atoms with Crippen LogP contribution in [0.25, 0.3) is 32.7 Å². The number of fused-ring (bicyclic) bond motifs is 3. The van der Waals surface area contributed by atoms with Crippen LogP contribution in [-0.4, -0.2) is 39.0 Å². The van der Waals surface area contributed by atoms with E-state index in [4.69, 9.17) is 9.72 Å². The van der Waals surface area contributed by atoms with Gasteiger partial charge in [0.05, 0.1) is 29.1 Å². The lowest BCUT2D eigenvalue weighted by Crippen LogP contribution is -2.38. The smallest absolute Gasteiger partial charge is 0.382 e. The Hall–Kier alpha value is -4.59. The van der Waals surface area contributed by atoms with Crippen molar-refractivity contribution in [2.24, 2.45) is 0 Å². The maximum absolute atomic E-state index is 13.0. The van der Waals surface area contributed by atoms with Crippen molar-refractivity contribution in [1.82, 2.24) is 9.55 Å². The first-order valence-electron chi connectivity index (χ1n) is 12.1. The minimum atomic E-state index is -1.67. The molecule has 186 valence electrons. The van der Waals surface area contributed by atoms with Crippen LogP contribution in [0.15, 0.2) is 79.0 Å². The van der Waals surface area contributed by atoms with Crippen molar-refractivity contribution in [2.45, 2.75) is 32.2 Å². The third-order valence-electron chi connectivity index (χ3n) is 6.74. The van der Waals surface area contributed by atoms with Crippen molar-refractivity contribution >= 4 is 44.6 Å². The number of para-hydroxylation sites is 3. The van der Waals surface area contributed by atoms with Gasteiger partial charge in [0.15, 0.2) is 0 Å². The monoisotopic (exact) mass is 495 g/mol. The molecule has 0 saturated heterocycles. The minimum Gasteiger partial charge on any atom is -0.461 e.